The third-order valence-corrected chi connectivity index (χ3v) is 6.85. The second kappa shape index (κ2) is 5.34. The molecular formula is C19H20BrNO2. The van der Waals surface area contributed by atoms with Crippen molar-refractivity contribution in [2.24, 2.45) is 17.3 Å². The van der Waals surface area contributed by atoms with Crippen molar-refractivity contribution in [3.63, 3.8) is 0 Å². The van der Waals surface area contributed by atoms with Crippen molar-refractivity contribution in [3.05, 3.63) is 35.4 Å². The summed E-state index contributed by atoms with van der Waals surface area (Å²) in [6.07, 6.45) is 6.56. The minimum Gasteiger partial charge on any atom is -0.460 e. The lowest BCUT2D eigenvalue weighted by Gasteiger charge is -2.58. The van der Waals surface area contributed by atoms with E-state index in [0.717, 1.165) is 24.8 Å². The van der Waals surface area contributed by atoms with Crippen LogP contribution >= 0.6 is 15.9 Å². The smallest absolute Gasteiger partial charge is 0.312 e. The van der Waals surface area contributed by atoms with Gasteiger partial charge >= 0.3 is 5.97 Å². The lowest BCUT2D eigenvalue weighted by Crippen LogP contribution is -2.56. The first kappa shape index (κ1) is 15.2. The summed E-state index contributed by atoms with van der Waals surface area (Å²) in [5.41, 5.74) is 1.08. The number of hydrogen-bond acceptors (Lipinski definition) is 3. The molecule has 3 nitrogen and oxygen atoms in total. The van der Waals surface area contributed by atoms with Crippen LogP contribution in [0.15, 0.2) is 24.3 Å². The van der Waals surface area contributed by atoms with Gasteiger partial charge < -0.3 is 4.74 Å². The van der Waals surface area contributed by atoms with Crippen LogP contribution in [-0.2, 0) is 16.1 Å². The molecule has 0 aromatic heterocycles. The Morgan fingerprint density at radius 3 is 2.61 bits per heavy atom. The van der Waals surface area contributed by atoms with Gasteiger partial charge in [0.05, 0.1) is 17.0 Å². The Bertz CT molecular complexity index is 679. The molecule has 0 heterocycles. The van der Waals surface area contributed by atoms with Crippen LogP contribution in [0.3, 0.4) is 0 Å². The average Bonchev–Trinajstić information content (AvgIpc) is 2.50. The number of carbonyl (C=O) groups is 1. The van der Waals surface area contributed by atoms with Crippen LogP contribution in [-0.4, -0.2) is 10.3 Å². The normalized spacial score (nSPS) is 37.4. The Hall–Kier alpha value is -1.34. The summed E-state index contributed by atoms with van der Waals surface area (Å²) in [5.74, 6) is 1.27. The molecule has 4 saturated carbocycles. The second-order valence-electron chi connectivity index (χ2n) is 7.74. The molecule has 4 bridgehead atoms. The van der Waals surface area contributed by atoms with Gasteiger partial charge in [0.15, 0.2) is 0 Å². The number of benzene rings is 1. The van der Waals surface area contributed by atoms with Crippen molar-refractivity contribution < 1.29 is 9.53 Å². The first-order chi connectivity index (χ1) is 11.0. The molecule has 4 aliphatic carbocycles. The summed E-state index contributed by atoms with van der Waals surface area (Å²) in [4.78, 5) is 12.9. The van der Waals surface area contributed by atoms with E-state index in [4.69, 9.17) is 10.00 Å². The molecule has 0 unspecified atom stereocenters. The topological polar surface area (TPSA) is 50.1 Å². The lowest BCUT2D eigenvalue weighted by molar-refractivity contribution is -0.170. The fourth-order valence-electron chi connectivity index (χ4n) is 5.44. The molecule has 120 valence electrons. The Balaban J connectivity index is 1.50. The van der Waals surface area contributed by atoms with Crippen molar-refractivity contribution in [3.8, 4) is 6.07 Å². The van der Waals surface area contributed by atoms with Crippen LogP contribution in [0.2, 0.25) is 0 Å². The number of halogens is 1. The number of esters is 1. The molecule has 0 aliphatic heterocycles. The van der Waals surface area contributed by atoms with E-state index in [9.17, 15) is 4.79 Å². The van der Waals surface area contributed by atoms with Gasteiger partial charge in [-0.1, -0.05) is 34.1 Å². The highest BCUT2D eigenvalue weighted by Gasteiger charge is 2.60. The van der Waals surface area contributed by atoms with E-state index in [1.54, 1.807) is 6.07 Å². The number of nitrogens with zero attached hydrogens (tertiary/aromatic N) is 1. The molecule has 5 rings (SSSR count). The summed E-state index contributed by atoms with van der Waals surface area (Å²) in [6.45, 7) is 0.203. The number of hydrogen-bond donors (Lipinski definition) is 0. The van der Waals surface area contributed by atoms with Crippen LogP contribution in [0.1, 0.15) is 49.7 Å². The first-order valence-electron chi connectivity index (χ1n) is 8.36. The summed E-state index contributed by atoms with van der Waals surface area (Å²) in [7, 11) is 0. The lowest BCUT2D eigenvalue weighted by atomic mass is 9.49. The molecule has 23 heavy (non-hydrogen) atoms. The number of ether oxygens (including phenoxy) is 1. The van der Waals surface area contributed by atoms with Gasteiger partial charge in [0.2, 0.25) is 0 Å². The predicted molar refractivity (Wildman–Crippen MR) is 89.7 cm³/mol. The zero-order chi connectivity index (χ0) is 16.1. The van der Waals surface area contributed by atoms with E-state index in [0.29, 0.717) is 17.4 Å². The van der Waals surface area contributed by atoms with Gasteiger partial charge in [0.1, 0.15) is 6.61 Å². The zero-order valence-corrected chi connectivity index (χ0v) is 14.6. The Morgan fingerprint density at radius 1 is 1.26 bits per heavy atom. The molecule has 0 spiro atoms. The van der Waals surface area contributed by atoms with Crippen molar-refractivity contribution in [2.75, 3.05) is 0 Å². The number of nitriles is 1. The maximum Gasteiger partial charge on any atom is 0.312 e. The van der Waals surface area contributed by atoms with E-state index in [1.165, 1.54) is 19.3 Å². The van der Waals surface area contributed by atoms with Gasteiger partial charge in [-0.2, -0.15) is 5.26 Å². The van der Waals surface area contributed by atoms with Crippen molar-refractivity contribution in [2.45, 2.75) is 49.5 Å². The summed E-state index contributed by atoms with van der Waals surface area (Å²) >= 11 is 3.93. The standard InChI is InChI=1S/C19H20BrNO2/c20-19-8-13-5-14(9-19)7-18(6-13,12-19)17(22)23-11-16-4-2-1-3-15(16)10-21/h1-4,13-14H,5-9,11-12H2/t13-,14-,18?,19?/m1/s1. The third-order valence-electron chi connectivity index (χ3n) is 5.92. The highest BCUT2D eigenvalue weighted by atomic mass is 79.9. The Morgan fingerprint density at radius 2 is 1.96 bits per heavy atom. The highest BCUT2D eigenvalue weighted by Crippen LogP contribution is 2.64. The minimum absolute atomic E-state index is 0.0526. The van der Waals surface area contributed by atoms with Crippen molar-refractivity contribution in [1.82, 2.24) is 0 Å². The Labute approximate surface area is 145 Å². The van der Waals surface area contributed by atoms with Gasteiger partial charge in [-0.05, 0) is 56.4 Å². The summed E-state index contributed by atoms with van der Waals surface area (Å²) < 4.78 is 5.84. The van der Waals surface area contributed by atoms with E-state index in [-0.39, 0.29) is 22.3 Å². The summed E-state index contributed by atoms with van der Waals surface area (Å²) in [6, 6.07) is 9.49. The molecule has 4 fully saturated rings. The maximum atomic E-state index is 12.9. The van der Waals surface area contributed by atoms with E-state index < -0.39 is 0 Å². The largest absolute Gasteiger partial charge is 0.460 e. The number of carbonyl (C=O) groups excluding carboxylic acids is 1. The Kier molecular flexibility index (Phi) is 3.53. The molecule has 2 atom stereocenters. The van der Waals surface area contributed by atoms with Gasteiger partial charge in [0.25, 0.3) is 0 Å². The van der Waals surface area contributed by atoms with Crippen LogP contribution in [0, 0.1) is 28.6 Å². The SMILES string of the molecule is N#Cc1ccccc1COC(=O)C12C[C@H]3C[C@@H](CC(Br)(C3)C1)C2. The van der Waals surface area contributed by atoms with E-state index in [2.05, 4.69) is 22.0 Å². The fourth-order valence-corrected chi connectivity index (χ4v) is 6.89. The van der Waals surface area contributed by atoms with Crippen LogP contribution in [0.5, 0.6) is 0 Å². The fraction of sp³-hybridized carbons (Fsp3) is 0.579. The van der Waals surface area contributed by atoms with Gasteiger partial charge in [-0.25, -0.2) is 0 Å². The monoisotopic (exact) mass is 373 g/mol. The quantitative estimate of drug-likeness (QED) is 0.584. The molecule has 4 heteroatoms. The second-order valence-corrected chi connectivity index (χ2v) is 9.42. The maximum absolute atomic E-state index is 12.9. The molecule has 0 saturated heterocycles. The van der Waals surface area contributed by atoms with Gasteiger partial charge in [0, 0.05) is 9.89 Å². The molecule has 0 amide bonds. The van der Waals surface area contributed by atoms with Gasteiger partial charge in [-0.15, -0.1) is 0 Å². The minimum atomic E-state index is -0.296. The molecule has 1 aromatic carbocycles. The van der Waals surface area contributed by atoms with E-state index in [1.807, 2.05) is 18.2 Å². The van der Waals surface area contributed by atoms with Crippen molar-refractivity contribution >= 4 is 21.9 Å². The average molecular weight is 374 g/mol. The molecule has 1 aromatic rings. The first-order valence-corrected chi connectivity index (χ1v) is 9.15. The third kappa shape index (κ3) is 2.59. The van der Waals surface area contributed by atoms with Crippen molar-refractivity contribution in [1.29, 1.82) is 5.26 Å². The zero-order valence-electron chi connectivity index (χ0n) is 13.1. The summed E-state index contributed by atoms with van der Waals surface area (Å²) in [5, 5.41) is 9.15. The van der Waals surface area contributed by atoms with Gasteiger partial charge in [-0.3, -0.25) is 4.79 Å². The number of alkyl halides is 1. The molecular weight excluding hydrogens is 354 g/mol. The van der Waals surface area contributed by atoms with Crippen LogP contribution in [0.25, 0.3) is 0 Å². The van der Waals surface area contributed by atoms with E-state index >= 15 is 0 Å². The molecule has 0 N–H and O–H groups in total. The van der Waals surface area contributed by atoms with Crippen LogP contribution in [0.4, 0.5) is 0 Å². The predicted octanol–water partition coefficient (Wildman–Crippen LogP) is 4.34. The molecule has 0 radical (unpaired) electrons. The van der Waals surface area contributed by atoms with Crippen LogP contribution < -0.4 is 0 Å². The molecule has 4 aliphatic rings. The number of rotatable bonds is 3. The highest BCUT2D eigenvalue weighted by molar-refractivity contribution is 9.10.